The quantitative estimate of drug-likeness (QED) is 0.699. The Labute approximate surface area is 129 Å². The molecule has 7 nitrogen and oxygen atoms in total. The van der Waals surface area contributed by atoms with Crippen LogP contribution < -0.4 is 0 Å². The summed E-state index contributed by atoms with van der Waals surface area (Å²) in [6, 6.07) is 0. The molecule has 1 N–H and O–H groups in total. The van der Waals surface area contributed by atoms with Crippen LogP contribution in [0.15, 0.2) is 0 Å². The molecule has 0 unspecified atom stereocenters. The molecule has 0 aromatic rings. The van der Waals surface area contributed by atoms with Crippen LogP contribution in [0.1, 0.15) is 34.1 Å². The fourth-order valence-electron chi connectivity index (χ4n) is 4.13. The fourth-order valence-corrected chi connectivity index (χ4v) is 4.13. The SMILES string of the molecule is COC(=O)[C@@]12CO[C@@H](C(C)(C)C)N1C(=O)[C@@H]1C[C@H](O)O[C@@]12C. The van der Waals surface area contributed by atoms with Gasteiger partial charge in [-0.3, -0.25) is 9.69 Å². The number of methoxy groups -OCH3 is 1. The molecule has 0 bridgehead atoms. The number of hydrogen-bond donors (Lipinski definition) is 1. The highest BCUT2D eigenvalue weighted by Gasteiger charge is 2.78. The lowest BCUT2D eigenvalue weighted by atomic mass is 9.77. The van der Waals surface area contributed by atoms with E-state index in [1.54, 1.807) is 6.92 Å². The minimum Gasteiger partial charge on any atom is -0.467 e. The molecule has 22 heavy (non-hydrogen) atoms. The van der Waals surface area contributed by atoms with Crippen LogP contribution in [0.5, 0.6) is 0 Å². The van der Waals surface area contributed by atoms with Crippen LogP contribution in [0, 0.1) is 11.3 Å². The lowest BCUT2D eigenvalue weighted by molar-refractivity contribution is -0.191. The Kier molecular flexibility index (Phi) is 3.16. The highest BCUT2D eigenvalue weighted by atomic mass is 16.6. The Bertz CT molecular complexity index is 529. The Hall–Kier alpha value is -1.18. The largest absolute Gasteiger partial charge is 0.467 e. The molecule has 3 aliphatic rings. The second-order valence-electron chi connectivity index (χ2n) is 7.56. The highest BCUT2D eigenvalue weighted by Crippen LogP contribution is 2.57. The van der Waals surface area contributed by atoms with E-state index in [-0.39, 0.29) is 24.3 Å². The van der Waals surface area contributed by atoms with Crippen molar-refractivity contribution in [2.75, 3.05) is 13.7 Å². The number of rotatable bonds is 1. The van der Waals surface area contributed by atoms with E-state index >= 15 is 0 Å². The van der Waals surface area contributed by atoms with Crippen molar-refractivity contribution < 1.29 is 28.9 Å². The van der Waals surface area contributed by atoms with E-state index in [1.165, 1.54) is 12.0 Å². The second-order valence-corrected chi connectivity index (χ2v) is 7.56. The van der Waals surface area contributed by atoms with Gasteiger partial charge in [-0.1, -0.05) is 20.8 Å². The lowest BCUT2D eigenvalue weighted by Gasteiger charge is -2.41. The zero-order chi connectivity index (χ0) is 16.5. The van der Waals surface area contributed by atoms with Gasteiger partial charge in [-0.25, -0.2) is 4.79 Å². The molecule has 3 rings (SSSR count). The number of ether oxygens (including phenoxy) is 3. The highest BCUT2D eigenvalue weighted by molar-refractivity contribution is 5.97. The van der Waals surface area contributed by atoms with Gasteiger partial charge in [-0.15, -0.1) is 0 Å². The smallest absolute Gasteiger partial charge is 0.337 e. The van der Waals surface area contributed by atoms with Gasteiger partial charge < -0.3 is 19.3 Å². The molecule has 3 fully saturated rings. The molecule has 3 heterocycles. The van der Waals surface area contributed by atoms with Gasteiger partial charge in [0.2, 0.25) is 5.91 Å². The molecule has 1 amide bonds. The number of carbonyl (C=O) groups is 2. The predicted octanol–water partition coefficient (Wildman–Crippen LogP) is 0.256. The minimum absolute atomic E-state index is 0.00701. The standard InChI is InChI=1S/C15H23NO6/c1-13(2,3)11-16-10(18)8-6-9(17)22-14(8,4)15(16,7-21-11)12(19)20-5/h8-9,11,17H,6-7H2,1-5H3/t8-,9+,11-,14-,15+/m0/s1. The number of aliphatic hydroxyl groups is 1. The fraction of sp³-hybridized carbons (Fsp3) is 0.867. The van der Waals surface area contributed by atoms with Gasteiger partial charge in [0.15, 0.2) is 11.8 Å². The summed E-state index contributed by atoms with van der Waals surface area (Å²) in [6.07, 6.45) is -1.42. The van der Waals surface area contributed by atoms with E-state index < -0.39 is 35.5 Å². The second kappa shape index (κ2) is 4.43. The Balaban J connectivity index is 2.15. The molecule has 0 aromatic heterocycles. The third-order valence-electron chi connectivity index (χ3n) is 5.20. The van der Waals surface area contributed by atoms with Crippen LogP contribution in [0.2, 0.25) is 0 Å². The van der Waals surface area contributed by atoms with E-state index in [0.29, 0.717) is 0 Å². The van der Waals surface area contributed by atoms with Gasteiger partial charge in [-0.05, 0) is 6.92 Å². The van der Waals surface area contributed by atoms with Gasteiger partial charge >= 0.3 is 5.97 Å². The van der Waals surface area contributed by atoms with Crippen molar-refractivity contribution in [3.63, 3.8) is 0 Å². The van der Waals surface area contributed by atoms with Gasteiger partial charge in [-0.2, -0.15) is 0 Å². The van der Waals surface area contributed by atoms with Crippen LogP contribution in [-0.2, 0) is 23.8 Å². The summed E-state index contributed by atoms with van der Waals surface area (Å²) in [7, 11) is 1.28. The van der Waals surface area contributed by atoms with Gasteiger partial charge in [0, 0.05) is 11.8 Å². The minimum atomic E-state index is -1.35. The van der Waals surface area contributed by atoms with Crippen LogP contribution in [0.3, 0.4) is 0 Å². The van der Waals surface area contributed by atoms with Crippen LogP contribution >= 0.6 is 0 Å². The van der Waals surface area contributed by atoms with Gasteiger partial charge in [0.05, 0.1) is 19.6 Å². The number of esters is 1. The summed E-state index contributed by atoms with van der Waals surface area (Å²) in [5.41, 5.74) is -2.87. The Morgan fingerprint density at radius 2 is 2.09 bits per heavy atom. The molecular weight excluding hydrogens is 290 g/mol. The van der Waals surface area contributed by atoms with Gasteiger partial charge in [0.25, 0.3) is 0 Å². The zero-order valence-electron chi connectivity index (χ0n) is 13.6. The van der Waals surface area contributed by atoms with Crippen molar-refractivity contribution in [3.8, 4) is 0 Å². The van der Waals surface area contributed by atoms with Gasteiger partial charge in [0.1, 0.15) is 11.8 Å². The first-order valence-corrected chi connectivity index (χ1v) is 7.48. The molecule has 3 aliphatic heterocycles. The summed E-state index contributed by atoms with van der Waals surface area (Å²) in [5.74, 6) is -1.36. The molecule has 0 aromatic carbocycles. The summed E-state index contributed by atoms with van der Waals surface area (Å²) in [4.78, 5) is 27.1. The first-order chi connectivity index (χ1) is 10.1. The maximum atomic E-state index is 12.9. The molecule has 0 spiro atoms. The van der Waals surface area contributed by atoms with E-state index in [0.717, 1.165) is 0 Å². The molecule has 124 valence electrons. The average molecular weight is 313 g/mol. The Morgan fingerprint density at radius 1 is 1.45 bits per heavy atom. The molecular formula is C15H23NO6. The number of hydrogen-bond acceptors (Lipinski definition) is 6. The average Bonchev–Trinajstić information content (AvgIpc) is 3.00. The van der Waals surface area contributed by atoms with E-state index in [2.05, 4.69) is 0 Å². The molecule has 0 aliphatic carbocycles. The number of carbonyl (C=O) groups excluding carboxylic acids is 2. The summed E-state index contributed by atoms with van der Waals surface area (Å²) >= 11 is 0. The third-order valence-corrected chi connectivity index (χ3v) is 5.20. The number of nitrogens with zero attached hydrogens (tertiary/aromatic N) is 1. The molecule has 0 saturated carbocycles. The van der Waals surface area contributed by atoms with Crippen molar-refractivity contribution in [1.29, 1.82) is 0 Å². The van der Waals surface area contributed by atoms with Crippen molar-refractivity contribution in [3.05, 3.63) is 0 Å². The topological polar surface area (TPSA) is 85.3 Å². The van der Waals surface area contributed by atoms with E-state index in [9.17, 15) is 14.7 Å². The summed E-state index contributed by atoms with van der Waals surface area (Å²) in [5, 5.41) is 9.85. The normalized spacial score (nSPS) is 44.2. The third kappa shape index (κ3) is 1.62. The number of amides is 1. The summed E-state index contributed by atoms with van der Waals surface area (Å²) < 4.78 is 16.5. The van der Waals surface area contributed by atoms with E-state index in [1.807, 2.05) is 20.8 Å². The zero-order valence-corrected chi connectivity index (χ0v) is 13.6. The van der Waals surface area contributed by atoms with Crippen LogP contribution in [0.25, 0.3) is 0 Å². The monoisotopic (exact) mass is 313 g/mol. The van der Waals surface area contributed by atoms with Crippen molar-refractivity contribution in [2.45, 2.75) is 57.8 Å². The first-order valence-electron chi connectivity index (χ1n) is 7.48. The van der Waals surface area contributed by atoms with Crippen LogP contribution in [-0.4, -0.2) is 59.3 Å². The van der Waals surface area contributed by atoms with E-state index in [4.69, 9.17) is 14.2 Å². The first kappa shape index (κ1) is 15.7. The maximum Gasteiger partial charge on any atom is 0.337 e. The maximum absolute atomic E-state index is 12.9. The molecule has 0 radical (unpaired) electrons. The molecule has 7 heteroatoms. The molecule has 3 saturated heterocycles. The number of aliphatic hydroxyl groups excluding tert-OH is 1. The lowest BCUT2D eigenvalue weighted by Crippen LogP contribution is -2.64. The molecule has 5 atom stereocenters. The number of fused-ring (bicyclic) bond motifs is 3. The van der Waals surface area contributed by atoms with Crippen molar-refractivity contribution in [1.82, 2.24) is 4.90 Å². The van der Waals surface area contributed by atoms with Crippen molar-refractivity contribution >= 4 is 11.9 Å². The summed E-state index contributed by atoms with van der Waals surface area (Å²) in [6.45, 7) is 7.55. The predicted molar refractivity (Wildman–Crippen MR) is 74.4 cm³/mol. The van der Waals surface area contributed by atoms with Crippen molar-refractivity contribution in [2.24, 2.45) is 11.3 Å². The Morgan fingerprint density at radius 3 is 2.64 bits per heavy atom. The van der Waals surface area contributed by atoms with Crippen LogP contribution in [0.4, 0.5) is 0 Å².